The average molecular weight is 457 g/mol. The first kappa shape index (κ1) is 22.6. The molecule has 9 heteroatoms. The molecule has 33 heavy (non-hydrogen) atoms. The summed E-state index contributed by atoms with van der Waals surface area (Å²) in [6.45, 7) is 0.968. The fraction of sp³-hybridized carbons (Fsp3) is 0.250. The van der Waals surface area contributed by atoms with E-state index >= 15 is 0 Å². The molecule has 0 bridgehead atoms. The SMILES string of the molecule is NC(=O)c1cc(C(O)c2ccccc2)ccc1N1CC[C@H](Oc2ccc(C(F)(F)F)cn2)C1. The van der Waals surface area contributed by atoms with Crippen LogP contribution >= 0.6 is 0 Å². The van der Waals surface area contributed by atoms with Crippen LogP contribution < -0.4 is 15.4 Å². The van der Waals surface area contributed by atoms with E-state index in [9.17, 15) is 23.1 Å². The van der Waals surface area contributed by atoms with Gasteiger partial charge in [-0.05, 0) is 29.3 Å². The van der Waals surface area contributed by atoms with Gasteiger partial charge >= 0.3 is 6.18 Å². The number of hydrogen-bond donors (Lipinski definition) is 2. The van der Waals surface area contributed by atoms with Gasteiger partial charge in [-0.15, -0.1) is 0 Å². The second-order valence-electron chi connectivity index (χ2n) is 7.81. The van der Waals surface area contributed by atoms with Crippen LogP contribution in [-0.2, 0) is 6.18 Å². The minimum absolute atomic E-state index is 0.103. The Kier molecular flexibility index (Phi) is 6.24. The number of aliphatic hydroxyl groups excluding tert-OH is 1. The van der Waals surface area contributed by atoms with E-state index in [0.29, 0.717) is 36.3 Å². The molecule has 4 rings (SSSR count). The number of amides is 1. The van der Waals surface area contributed by atoms with E-state index in [2.05, 4.69) is 4.98 Å². The van der Waals surface area contributed by atoms with Crippen LogP contribution in [0, 0.1) is 0 Å². The van der Waals surface area contributed by atoms with Crippen molar-refractivity contribution in [3.63, 3.8) is 0 Å². The monoisotopic (exact) mass is 457 g/mol. The third-order valence-corrected chi connectivity index (χ3v) is 5.55. The number of nitrogens with zero attached hydrogens (tertiary/aromatic N) is 2. The molecule has 172 valence electrons. The van der Waals surface area contributed by atoms with Crippen LogP contribution in [0.15, 0.2) is 66.9 Å². The van der Waals surface area contributed by atoms with Gasteiger partial charge in [0.05, 0.1) is 17.7 Å². The van der Waals surface area contributed by atoms with Gasteiger partial charge in [-0.25, -0.2) is 4.98 Å². The number of anilines is 1. The highest BCUT2D eigenvalue weighted by Crippen LogP contribution is 2.32. The van der Waals surface area contributed by atoms with E-state index < -0.39 is 23.8 Å². The van der Waals surface area contributed by atoms with Crippen molar-refractivity contribution in [3.05, 3.63) is 89.1 Å². The van der Waals surface area contributed by atoms with Gasteiger partial charge in [0.1, 0.15) is 12.2 Å². The lowest BCUT2D eigenvalue weighted by atomic mass is 9.98. The maximum absolute atomic E-state index is 12.7. The highest BCUT2D eigenvalue weighted by molar-refractivity contribution is 5.99. The summed E-state index contributed by atoms with van der Waals surface area (Å²) in [4.78, 5) is 17.8. The number of halogens is 3. The molecule has 1 unspecified atom stereocenters. The number of rotatable bonds is 6. The van der Waals surface area contributed by atoms with Crippen LogP contribution in [0.2, 0.25) is 0 Å². The number of carbonyl (C=O) groups excluding carboxylic acids is 1. The largest absolute Gasteiger partial charge is 0.472 e. The number of aliphatic hydroxyl groups is 1. The normalized spacial score (nSPS) is 17.1. The van der Waals surface area contributed by atoms with Gasteiger partial charge < -0.3 is 20.5 Å². The Balaban J connectivity index is 1.48. The Bertz CT molecular complexity index is 1120. The topological polar surface area (TPSA) is 88.7 Å². The van der Waals surface area contributed by atoms with Crippen molar-refractivity contribution < 1.29 is 27.8 Å². The zero-order valence-electron chi connectivity index (χ0n) is 17.5. The second kappa shape index (κ2) is 9.11. The van der Waals surface area contributed by atoms with Crippen molar-refractivity contribution in [1.29, 1.82) is 0 Å². The molecule has 1 fully saturated rings. The number of hydrogen-bond acceptors (Lipinski definition) is 5. The maximum Gasteiger partial charge on any atom is 0.417 e. The first-order valence-electron chi connectivity index (χ1n) is 10.3. The van der Waals surface area contributed by atoms with Crippen LogP contribution in [0.1, 0.15) is 39.6 Å². The third-order valence-electron chi connectivity index (χ3n) is 5.55. The van der Waals surface area contributed by atoms with Gasteiger partial charge in [0, 0.05) is 30.9 Å². The summed E-state index contributed by atoms with van der Waals surface area (Å²) in [6, 6.07) is 16.2. The molecule has 1 amide bonds. The lowest BCUT2D eigenvalue weighted by Gasteiger charge is -2.22. The Morgan fingerprint density at radius 3 is 2.52 bits per heavy atom. The number of nitrogens with two attached hydrogens (primary N) is 1. The summed E-state index contributed by atoms with van der Waals surface area (Å²) in [5.74, 6) is -0.521. The Morgan fingerprint density at radius 2 is 1.88 bits per heavy atom. The zero-order chi connectivity index (χ0) is 23.6. The van der Waals surface area contributed by atoms with E-state index in [1.807, 2.05) is 23.1 Å². The highest BCUT2D eigenvalue weighted by Gasteiger charge is 2.31. The molecule has 1 aromatic heterocycles. The van der Waals surface area contributed by atoms with E-state index in [1.54, 1.807) is 30.3 Å². The molecule has 3 aromatic rings. The zero-order valence-corrected chi connectivity index (χ0v) is 17.5. The summed E-state index contributed by atoms with van der Waals surface area (Å²) in [6.07, 6.45) is -4.34. The quantitative estimate of drug-likeness (QED) is 0.586. The summed E-state index contributed by atoms with van der Waals surface area (Å²) >= 11 is 0. The molecule has 2 atom stereocenters. The first-order valence-corrected chi connectivity index (χ1v) is 10.3. The number of carbonyl (C=O) groups is 1. The van der Waals surface area contributed by atoms with Gasteiger partial charge in [0.15, 0.2) is 0 Å². The molecule has 0 spiro atoms. The number of aromatic nitrogens is 1. The summed E-state index contributed by atoms with van der Waals surface area (Å²) in [5.41, 5.74) is 6.89. The Hall–Kier alpha value is -3.59. The van der Waals surface area contributed by atoms with E-state index in [-0.39, 0.29) is 17.5 Å². The lowest BCUT2D eigenvalue weighted by Crippen LogP contribution is -2.27. The van der Waals surface area contributed by atoms with Crippen molar-refractivity contribution in [3.8, 4) is 5.88 Å². The van der Waals surface area contributed by atoms with Crippen LogP contribution in [0.3, 0.4) is 0 Å². The molecular weight excluding hydrogens is 435 g/mol. The van der Waals surface area contributed by atoms with Gasteiger partial charge in [0.25, 0.3) is 5.91 Å². The summed E-state index contributed by atoms with van der Waals surface area (Å²) in [5, 5.41) is 10.7. The number of primary amides is 1. The van der Waals surface area contributed by atoms with Crippen molar-refractivity contribution in [1.82, 2.24) is 4.98 Å². The smallest absolute Gasteiger partial charge is 0.417 e. The molecule has 1 aliphatic heterocycles. The van der Waals surface area contributed by atoms with Gasteiger partial charge in [-0.3, -0.25) is 4.79 Å². The van der Waals surface area contributed by atoms with Gasteiger partial charge in [-0.1, -0.05) is 36.4 Å². The molecular formula is C24H22F3N3O3. The van der Waals surface area contributed by atoms with Gasteiger partial charge in [0.2, 0.25) is 5.88 Å². The van der Waals surface area contributed by atoms with Crippen molar-refractivity contribution in [2.75, 3.05) is 18.0 Å². The average Bonchev–Trinajstić information content (AvgIpc) is 3.26. The molecule has 3 N–H and O–H groups in total. The molecule has 1 aliphatic rings. The highest BCUT2D eigenvalue weighted by atomic mass is 19.4. The molecule has 2 aromatic carbocycles. The Labute approximate surface area is 188 Å². The molecule has 1 saturated heterocycles. The second-order valence-corrected chi connectivity index (χ2v) is 7.81. The number of pyridine rings is 1. The summed E-state index contributed by atoms with van der Waals surface area (Å²) in [7, 11) is 0. The Morgan fingerprint density at radius 1 is 1.12 bits per heavy atom. The van der Waals surface area contributed by atoms with Crippen LogP contribution in [-0.4, -0.2) is 35.2 Å². The van der Waals surface area contributed by atoms with Crippen molar-refractivity contribution in [2.45, 2.75) is 24.8 Å². The molecule has 0 radical (unpaired) electrons. The number of ether oxygens (including phenoxy) is 1. The van der Waals surface area contributed by atoms with Gasteiger partial charge in [-0.2, -0.15) is 13.2 Å². The number of benzene rings is 2. The number of alkyl halides is 3. The van der Waals surface area contributed by atoms with E-state index in [4.69, 9.17) is 10.5 Å². The lowest BCUT2D eigenvalue weighted by molar-refractivity contribution is -0.137. The first-order chi connectivity index (χ1) is 15.7. The van der Waals surface area contributed by atoms with Crippen molar-refractivity contribution in [2.24, 2.45) is 5.73 Å². The van der Waals surface area contributed by atoms with Crippen LogP contribution in [0.4, 0.5) is 18.9 Å². The molecule has 6 nitrogen and oxygen atoms in total. The van der Waals surface area contributed by atoms with Crippen LogP contribution in [0.5, 0.6) is 5.88 Å². The minimum atomic E-state index is -4.46. The molecule has 0 saturated carbocycles. The predicted octanol–water partition coefficient (Wildman–Crippen LogP) is 3.94. The van der Waals surface area contributed by atoms with Crippen molar-refractivity contribution >= 4 is 11.6 Å². The molecule has 2 heterocycles. The van der Waals surface area contributed by atoms with E-state index in [1.165, 1.54) is 6.07 Å². The fourth-order valence-corrected chi connectivity index (χ4v) is 3.86. The summed E-state index contributed by atoms with van der Waals surface area (Å²) < 4.78 is 43.8. The fourth-order valence-electron chi connectivity index (χ4n) is 3.86. The predicted molar refractivity (Wildman–Crippen MR) is 116 cm³/mol. The minimum Gasteiger partial charge on any atom is -0.472 e. The van der Waals surface area contributed by atoms with Crippen LogP contribution in [0.25, 0.3) is 0 Å². The molecule has 0 aliphatic carbocycles. The van der Waals surface area contributed by atoms with E-state index in [0.717, 1.165) is 12.3 Å². The third kappa shape index (κ3) is 5.09. The maximum atomic E-state index is 12.7. The standard InChI is InChI=1S/C24H22F3N3O3/c25-24(26,27)17-7-9-21(29-13-17)33-18-10-11-30(14-18)20-8-6-16(12-19(20)23(28)32)22(31)15-4-2-1-3-5-15/h1-9,12-13,18,22,31H,10-11,14H2,(H2,28,32)/t18-,22?/m0/s1.